The molecule has 2 fully saturated rings. The summed E-state index contributed by atoms with van der Waals surface area (Å²) < 4.78 is 16.3. The molecule has 9 heteroatoms. The van der Waals surface area contributed by atoms with Gasteiger partial charge < -0.3 is 19.5 Å². The zero-order valence-electron chi connectivity index (χ0n) is 16.1. The molecule has 2 aromatic rings. The van der Waals surface area contributed by atoms with Crippen molar-refractivity contribution in [2.24, 2.45) is 0 Å². The van der Waals surface area contributed by atoms with E-state index in [9.17, 15) is 4.79 Å². The molecular formula is C20H23N5O4. The maximum Gasteiger partial charge on any atom is 0.250 e. The van der Waals surface area contributed by atoms with Gasteiger partial charge in [0.25, 0.3) is 5.91 Å². The first-order valence-corrected chi connectivity index (χ1v) is 9.71. The Morgan fingerprint density at radius 3 is 2.83 bits per heavy atom. The molecule has 0 spiro atoms. The predicted molar refractivity (Wildman–Crippen MR) is 106 cm³/mol. The van der Waals surface area contributed by atoms with Crippen LogP contribution in [0.1, 0.15) is 17.9 Å². The SMILES string of the molecule is COc1nc(N2CCC(Nc3ccc4c(c3)OCO4)C2=O)ccc1C1CNNC1. The van der Waals surface area contributed by atoms with Gasteiger partial charge in [0.2, 0.25) is 12.7 Å². The number of rotatable bonds is 5. The second-order valence-corrected chi connectivity index (χ2v) is 7.27. The van der Waals surface area contributed by atoms with E-state index in [4.69, 9.17) is 14.2 Å². The van der Waals surface area contributed by atoms with E-state index in [1.165, 1.54) is 0 Å². The van der Waals surface area contributed by atoms with Crippen LogP contribution in [0, 0.1) is 0 Å². The minimum Gasteiger partial charge on any atom is -0.481 e. The van der Waals surface area contributed by atoms with E-state index in [0.29, 0.717) is 36.3 Å². The van der Waals surface area contributed by atoms with Crippen molar-refractivity contribution >= 4 is 17.4 Å². The second kappa shape index (κ2) is 7.41. The highest BCUT2D eigenvalue weighted by Crippen LogP contribution is 2.35. The van der Waals surface area contributed by atoms with Crippen molar-refractivity contribution in [1.29, 1.82) is 0 Å². The number of carbonyl (C=O) groups is 1. The Morgan fingerprint density at radius 2 is 2.00 bits per heavy atom. The fourth-order valence-corrected chi connectivity index (χ4v) is 3.98. The van der Waals surface area contributed by atoms with Crippen LogP contribution in [-0.4, -0.2) is 50.5 Å². The number of benzene rings is 1. The van der Waals surface area contributed by atoms with Crippen LogP contribution in [0.4, 0.5) is 11.5 Å². The van der Waals surface area contributed by atoms with Gasteiger partial charge in [-0.3, -0.25) is 20.5 Å². The van der Waals surface area contributed by atoms with Crippen molar-refractivity contribution in [3.05, 3.63) is 35.9 Å². The van der Waals surface area contributed by atoms with E-state index >= 15 is 0 Å². The van der Waals surface area contributed by atoms with E-state index in [-0.39, 0.29) is 18.7 Å². The van der Waals surface area contributed by atoms with Gasteiger partial charge in [0.15, 0.2) is 11.5 Å². The molecule has 0 bridgehead atoms. The zero-order valence-corrected chi connectivity index (χ0v) is 16.1. The van der Waals surface area contributed by atoms with Gasteiger partial charge in [-0.1, -0.05) is 0 Å². The number of nitrogens with zero attached hydrogens (tertiary/aromatic N) is 2. The molecule has 3 aliphatic rings. The lowest BCUT2D eigenvalue weighted by atomic mass is 10.0. The van der Waals surface area contributed by atoms with Gasteiger partial charge in [-0.25, -0.2) is 0 Å². The van der Waals surface area contributed by atoms with Gasteiger partial charge in [-0.05, 0) is 30.7 Å². The normalized spacial score (nSPS) is 21.1. The highest BCUT2D eigenvalue weighted by Gasteiger charge is 2.34. The number of hydrogen-bond acceptors (Lipinski definition) is 8. The Hall–Kier alpha value is -3.04. The van der Waals surface area contributed by atoms with Gasteiger partial charge in [0.1, 0.15) is 11.9 Å². The molecule has 1 atom stereocenters. The first kappa shape index (κ1) is 18.0. The molecule has 0 saturated carbocycles. The summed E-state index contributed by atoms with van der Waals surface area (Å²) in [4.78, 5) is 19.3. The minimum absolute atomic E-state index is 0.00540. The van der Waals surface area contributed by atoms with Crippen molar-refractivity contribution in [3.8, 4) is 17.4 Å². The maximum atomic E-state index is 13.0. The Labute approximate surface area is 168 Å². The summed E-state index contributed by atoms with van der Waals surface area (Å²) in [6, 6.07) is 9.19. The minimum atomic E-state index is -0.314. The van der Waals surface area contributed by atoms with E-state index in [2.05, 4.69) is 21.2 Å². The van der Waals surface area contributed by atoms with Gasteiger partial charge in [0, 0.05) is 42.9 Å². The monoisotopic (exact) mass is 397 g/mol. The van der Waals surface area contributed by atoms with Crippen molar-refractivity contribution in [3.63, 3.8) is 0 Å². The molecule has 1 aromatic carbocycles. The van der Waals surface area contributed by atoms with Crippen LogP contribution in [0.3, 0.4) is 0 Å². The number of hydrazine groups is 1. The number of carbonyl (C=O) groups excluding carboxylic acids is 1. The molecule has 1 amide bonds. The van der Waals surface area contributed by atoms with E-state index in [1.54, 1.807) is 12.0 Å². The highest BCUT2D eigenvalue weighted by molar-refractivity contribution is 6.00. The molecule has 3 aliphatic heterocycles. The van der Waals surface area contributed by atoms with Crippen molar-refractivity contribution < 1.29 is 19.0 Å². The number of nitrogens with one attached hydrogen (secondary N) is 3. The number of amides is 1. The highest BCUT2D eigenvalue weighted by atomic mass is 16.7. The fourth-order valence-electron chi connectivity index (χ4n) is 3.98. The Balaban J connectivity index is 1.31. The molecule has 152 valence electrons. The number of methoxy groups -OCH3 is 1. The standard InChI is InChI=1S/C20H23N5O4/c1-27-19-14(12-9-21-22-10-12)3-5-18(24-19)25-7-6-15(20(25)26)23-13-2-4-16-17(8-13)29-11-28-16/h2-5,8,12,15,21-23H,6-7,9-11H2,1H3. The van der Waals surface area contributed by atoms with Crippen LogP contribution < -0.4 is 35.3 Å². The maximum absolute atomic E-state index is 13.0. The van der Waals surface area contributed by atoms with Crippen LogP contribution in [-0.2, 0) is 4.79 Å². The third kappa shape index (κ3) is 3.32. The summed E-state index contributed by atoms with van der Waals surface area (Å²) >= 11 is 0. The summed E-state index contributed by atoms with van der Waals surface area (Å²) in [5.41, 5.74) is 8.11. The number of aromatic nitrogens is 1. The quantitative estimate of drug-likeness (QED) is 0.693. The zero-order chi connectivity index (χ0) is 19.8. The second-order valence-electron chi connectivity index (χ2n) is 7.27. The van der Waals surface area contributed by atoms with Crippen molar-refractivity contribution in [2.45, 2.75) is 18.4 Å². The van der Waals surface area contributed by atoms with Crippen LogP contribution in [0.15, 0.2) is 30.3 Å². The van der Waals surface area contributed by atoms with E-state index in [0.717, 1.165) is 30.1 Å². The molecule has 0 aliphatic carbocycles. The van der Waals surface area contributed by atoms with Crippen LogP contribution in [0.2, 0.25) is 0 Å². The summed E-state index contributed by atoms with van der Waals surface area (Å²) in [5.74, 6) is 2.88. The molecule has 0 radical (unpaired) electrons. The summed E-state index contributed by atoms with van der Waals surface area (Å²) in [5, 5.41) is 3.30. The average Bonchev–Trinajstić information content (AvgIpc) is 3.49. The topological polar surface area (TPSA) is 97.0 Å². The molecule has 9 nitrogen and oxygen atoms in total. The lowest BCUT2D eigenvalue weighted by molar-refractivity contribution is -0.117. The van der Waals surface area contributed by atoms with Gasteiger partial charge >= 0.3 is 0 Å². The third-order valence-corrected chi connectivity index (χ3v) is 5.53. The summed E-state index contributed by atoms with van der Waals surface area (Å²) in [7, 11) is 1.61. The van der Waals surface area contributed by atoms with Gasteiger partial charge in [0.05, 0.1) is 7.11 Å². The van der Waals surface area contributed by atoms with Crippen LogP contribution in [0.5, 0.6) is 17.4 Å². The number of fused-ring (bicyclic) bond motifs is 1. The Morgan fingerprint density at radius 1 is 1.17 bits per heavy atom. The average molecular weight is 397 g/mol. The van der Waals surface area contributed by atoms with E-state index < -0.39 is 0 Å². The number of anilines is 2. The number of pyridine rings is 1. The molecule has 29 heavy (non-hydrogen) atoms. The van der Waals surface area contributed by atoms with Crippen LogP contribution in [0.25, 0.3) is 0 Å². The lowest BCUT2D eigenvalue weighted by Gasteiger charge is -2.19. The smallest absolute Gasteiger partial charge is 0.250 e. The number of ether oxygens (including phenoxy) is 3. The molecule has 3 N–H and O–H groups in total. The van der Waals surface area contributed by atoms with Gasteiger partial charge in [-0.15, -0.1) is 0 Å². The first-order valence-electron chi connectivity index (χ1n) is 9.71. The predicted octanol–water partition coefficient (Wildman–Crippen LogP) is 1.23. The largest absolute Gasteiger partial charge is 0.481 e. The third-order valence-electron chi connectivity index (χ3n) is 5.53. The summed E-state index contributed by atoms with van der Waals surface area (Å²) in [6.07, 6.45) is 0.690. The molecule has 5 rings (SSSR count). The summed E-state index contributed by atoms with van der Waals surface area (Å²) in [6.45, 7) is 2.47. The molecule has 2 saturated heterocycles. The fraction of sp³-hybridized carbons (Fsp3) is 0.400. The van der Waals surface area contributed by atoms with Gasteiger partial charge in [-0.2, -0.15) is 4.98 Å². The van der Waals surface area contributed by atoms with E-state index in [1.807, 2.05) is 30.3 Å². The Kier molecular flexibility index (Phi) is 4.61. The van der Waals surface area contributed by atoms with Crippen molar-refractivity contribution in [1.82, 2.24) is 15.8 Å². The Bertz CT molecular complexity index is 931. The first-order chi connectivity index (χ1) is 14.2. The van der Waals surface area contributed by atoms with Crippen molar-refractivity contribution in [2.75, 3.05) is 43.8 Å². The van der Waals surface area contributed by atoms with Crippen LogP contribution >= 0.6 is 0 Å². The molecular weight excluding hydrogens is 374 g/mol. The molecule has 1 unspecified atom stereocenters. The lowest BCUT2D eigenvalue weighted by Crippen LogP contribution is -2.34. The number of hydrogen-bond donors (Lipinski definition) is 3. The molecule has 4 heterocycles. The molecule has 1 aromatic heterocycles.